The molecule has 1 N–H and O–H groups in total. The Labute approximate surface area is 92.8 Å². The maximum Gasteiger partial charge on any atom is 0.421 e. The average Bonchev–Trinajstić information content (AvgIpc) is 2.25. The van der Waals surface area contributed by atoms with Crippen LogP contribution in [0.2, 0.25) is 0 Å². The second kappa shape index (κ2) is 4.82. The number of aliphatic hydroxyl groups is 1. The molecule has 0 spiro atoms. The molecule has 0 amide bonds. The smallest absolute Gasteiger partial charge is 0.421 e. The van der Waals surface area contributed by atoms with Crippen LogP contribution in [0.15, 0.2) is 6.20 Å². The molecule has 0 saturated carbocycles. The van der Waals surface area contributed by atoms with Crippen molar-refractivity contribution in [3.8, 4) is 5.75 Å². The molecule has 96 valence electrons. The SMILES string of the molecule is COc1c(C(F)(F)F)cnc(CO)c1C(F)F. The van der Waals surface area contributed by atoms with Crippen LogP contribution in [-0.2, 0) is 12.8 Å². The topological polar surface area (TPSA) is 42.4 Å². The van der Waals surface area contributed by atoms with Crippen molar-refractivity contribution in [3.63, 3.8) is 0 Å². The summed E-state index contributed by atoms with van der Waals surface area (Å²) in [5.41, 5.74) is -2.97. The van der Waals surface area contributed by atoms with Gasteiger partial charge in [-0.25, -0.2) is 8.78 Å². The lowest BCUT2D eigenvalue weighted by molar-refractivity contribution is -0.139. The number of alkyl halides is 5. The minimum absolute atomic E-state index is 0.357. The molecule has 0 aliphatic rings. The minimum Gasteiger partial charge on any atom is -0.495 e. The molecule has 1 aromatic rings. The first-order chi connectivity index (χ1) is 7.82. The number of pyridine rings is 1. The Kier molecular flexibility index (Phi) is 3.87. The Morgan fingerprint density at radius 3 is 2.35 bits per heavy atom. The largest absolute Gasteiger partial charge is 0.495 e. The summed E-state index contributed by atoms with van der Waals surface area (Å²) in [5, 5.41) is 8.75. The molecule has 1 aromatic heterocycles. The normalized spacial score (nSPS) is 12.0. The summed E-state index contributed by atoms with van der Waals surface area (Å²) in [5.74, 6) is -1.01. The van der Waals surface area contributed by atoms with Crippen molar-refractivity contribution in [2.75, 3.05) is 7.11 Å². The van der Waals surface area contributed by atoms with Crippen LogP contribution in [0.25, 0.3) is 0 Å². The zero-order valence-corrected chi connectivity index (χ0v) is 8.55. The van der Waals surface area contributed by atoms with Gasteiger partial charge in [0.1, 0.15) is 11.3 Å². The predicted molar refractivity (Wildman–Crippen MR) is 46.7 cm³/mol. The summed E-state index contributed by atoms with van der Waals surface area (Å²) < 4.78 is 67.1. The van der Waals surface area contributed by atoms with Crippen molar-refractivity contribution in [3.05, 3.63) is 23.0 Å². The van der Waals surface area contributed by atoms with Gasteiger partial charge in [-0.05, 0) is 0 Å². The third-order valence-corrected chi connectivity index (χ3v) is 2.03. The fourth-order valence-corrected chi connectivity index (χ4v) is 1.32. The third-order valence-electron chi connectivity index (χ3n) is 2.03. The van der Waals surface area contributed by atoms with Gasteiger partial charge in [0, 0.05) is 6.20 Å². The van der Waals surface area contributed by atoms with Crippen LogP contribution in [0, 0.1) is 0 Å². The van der Waals surface area contributed by atoms with Crippen molar-refractivity contribution in [1.29, 1.82) is 0 Å². The van der Waals surface area contributed by atoms with Crippen molar-refractivity contribution in [1.82, 2.24) is 4.98 Å². The molecular weight excluding hydrogens is 249 g/mol. The average molecular weight is 257 g/mol. The zero-order valence-electron chi connectivity index (χ0n) is 8.55. The van der Waals surface area contributed by atoms with Gasteiger partial charge < -0.3 is 9.84 Å². The summed E-state index contributed by atoms with van der Waals surface area (Å²) in [4.78, 5) is 3.16. The van der Waals surface area contributed by atoms with E-state index in [0.717, 1.165) is 7.11 Å². The summed E-state index contributed by atoms with van der Waals surface area (Å²) in [7, 11) is 0.845. The molecule has 0 fully saturated rings. The van der Waals surface area contributed by atoms with Crippen molar-refractivity contribution >= 4 is 0 Å². The van der Waals surface area contributed by atoms with Crippen LogP contribution in [-0.4, -0.2) is 17.2 Å². The molecule has 8 heteroatoms. The highest BCUT2D eigenvalue weighted by molar-refractivity contribution is 5.44. The molecule has 1 rings (SSSR count). The van der Waals surface area contributed by atoms with Crippen LogP contribution in [0.4, 0.5) is 22.0 Å². The fraction of sp³-hybridized carbons (Fsp3) is 0.444. The van der Waals surface area contributed by atoms with Gasteiger partial charge in [-0.3, -0.25) is 4.98 Å². The van der Waals surface area contributed by atoms with E-state index in [4.69, 9.17) is 5.11 Å². The second-order valence-electron chi connectivity index (χ2n) is 3.02. The Morgan fingerprint density at radius 1 is 1.41 bits per heavy atom. The molecule has 17 heavy (non-hydrogen) atoms. The predicted octanol–water partition coefficient (Wildman–Crippen LogP) is 2.54. The van der Waals surface area contributed by atoms with Crippen LogP contribution in [0.3, 0.4) is 0 Å². The summed E-state index contributed by atoms with van der Waals surface area (Å²) >= 11 is 0. The number of halogens is 5. The third kappa shape index (κ3) is 2.63. The number of hydrogen-bond acceptors (Lipinski definition) is 3. The van der Waals surface area contributed by atoms with Crippen LogP contribution >= 0.6 is 0 Å². The van der Waals surface area contributed by atoms with E-state index in [1.807, 2.05) is 0 Å². The van der Waals surface area contributed by atoms with E-state index in [2.05, 4.69) is 9.72 Å². The molecule has 0 unspecified atom stereocenters. The van der Waals surface area contributed by atoms with Gasteiger partial charge in [0.25, 0.3) is 6.43 Å². The molecule has 0 aromatic carbocycles. The first-order valence-corrected chi connectivity index (χ1v) is 4.34. The highest BCUT2D eigenvalue weighted by Crippen LogP contribution is 2.41. The summed E-state index contributed by atoms with van der Waals surface area (Å²) in [6, 6.07) is 0. The van der Waals surface area contributed by atoms with Crippen LogP contribution < -0.4 is 4.74 Å². The number of hydrogen-bond donors (Lipinski definition) is 1. The summed E-state index contributed by atoms with van der Waals surface area (Å²) in [6.45, 7) is -0.895. The number of nitrogens with zero attached hydrogens (tertiary/aromatic N) is 1. The molecule has 0 radical (unpaired) electrons. The van der Waals surface area contributed by atoms with E-state index in [9.17, 15) is 22.0 Å². The van der Waals surface area contributed by atoms with Crippen LogP contribution in [0.5, 0.6) is 5.75 Å². The van der Waals surface area contributed by atoms with E-state index in [1.54, 1.807) is 0 Å². The van der Waals surface area contributed by atoms with Gasteiger partial charge in [-0.2, -0.15) is 13.2 Å². The lowest BCUT2D eigenvalue weighted by atomic mass is 10.1. The van der Waals surface area contributed by atoms with Gasteiger partial charge in [-0.1, -0.05) is 0 Å². The lowest BCUT2D eigenvalue weighted by Crippen LogP contribution is -2.12. The van der Waals surface area contributed by atoms with Gasteiger partial charge >= 0.3 is 6.18 Å². The standard InChI is InChI=1S/C9H8F5NO2/c1-17-7-4(9(12,13)14)2-15-5(3-16)6(7)8(10)11/h2,8,16H,3H2,1H3. The highest BCUT2D eigenvalue weighted by Gasteiger charge is 2.38. The Bertz CT molecular complexity index is 405. The fourth-order valence-electron chi connectivity index (χ4n) is 1.32. The molecule has 0 bridgehead atoms. The molecular formula is C9H8F5NO2. The van der Waals surface area contributed by atoms with Crippen LogP contribution in [0.1, 0.15) is 23.2 Å². The van der Waals surface area contributed by atoms with E-state index >= 15 is 0 Å². The van der Waals surface area contributed by atoms with Crippen molar-refractivity contribution in [2.24, 2.45) is 0 Å². The monoisotopic (exact) mass is 257 g/mol. The number of rotatable bonds is 3. The number of aromatic nitrogens is 1. The molecule has 0 saturated heterocycles. The van der Waals surface area contributed by atoms with Gasteiger partial charge in [0.15, 0.2) is 0 Å². The van der Waals surface area contributed by atoms with Crippen molar-refractivity contribution < 1.29 is 31.8 Å². The Hall–Kier alpha value is -1.44. The van der Waals surface area contributed by atoms with Crippen molar-refractivity contribution in [2.45, 2.75) is 19.2 Å². The first kappa shape index (κ1) is 13.6. The zero-order chi connectivity index (χ0) is 13.2. The maximum absolute atomic E-state index is 12.6. The Balaban J connectivity index is 3.52. The summed E-state index contributed by atoms with van der Waals surface area (Å²) in [6.07, 6.45) is -7.71. The van der Waals surface area contributed by atoms with E-state index in [-0.39, 0.29) is 0 Å². The lowest BCUT2D eigenvalue weighted by Gasteiger charge is -2.16. The Morgan fingerprint density at radius 2 is 2.00 bits per heavy atom. The molecule has 1 heterocycles. The quantitative estimate of drug-likeness (QED) is 0.846. The van der Waals surface area contributed by atoms with E-state index < -0.39 is 41.8 Å². The van der Waals surface area contributed by atoms with Gasteiger partial charge in [0.2, 0.25) is 0 Å². The van der Waals surface area contributed by atoms with E-state index in [0.29, 0.717) is 6.20 Å². The highest BCUT2D eigenvalue weighted by atomic mass is 19.4. The number of ether oxygens (including phenoxy) is 1. The molecule has 0 atom stereocenters. The van der Waals surface area contributed by atoms with Gasteiger partial charge in [-0.15, -0.1) is 0 Å². The maximum atomic E-state index is 12.6. The van der Waals surface area contributed by atoms with Gasteiger partial charge in [0.05, 0.1) is 25.0 Å². The molecule has 3 nitrogen and oxygen atoms in total. The molecule has 0 aliphatic heterocycles. The molecule has 0 aliphatic carbocycles. The second-order valence-corrected chi connectivity index (χ2v) is 3.02. The first-order valence-electron chi connectivity index (χ1n) is 4.34. The number of aliphatic hydroxyl groups excluding tert-OH is 1. The number of methoxy groups -OCH3 is 1. The van der Waals surface area contributed by atoms with E-state index in [1.165, 1.54) is 0 Å². The minimum atomic E-state index is -4.85.